The van der Waals surface area contributed by atoms with Crippen LogP contribution < -0.4 is 0 Å². The van der Waals surface area contributed by atoms with Crippen LogP contribution in [0.25, 0.3) is 0 Å². The third-order valence-electron chi connectivity index (χ3n) is 4.33. The molecule has 0 N–H and O–H groups in total. The molecular formula is C18H42O4Si2. The van der Waals surface area contributed by atoms with Gasteiger partial charge in [0.15, 0.2) is 0 Å². The molecule has 0 fully saturated rings. The van der Waals surface area contributed by atoms with E-state index in [1.807, 2.05) is 0 Å². The standard InChI is InChI=1S/C18H42O4Si2/c1-8-13-14-15-16(23-17(6,19-9-2)20-10-3)24-18(7,21-11-4)22-12-5/h16H,8-15,23-24H2,1-7H3. The Hall–Kier alpha value is 0.274. The Labute approximate surface area is 155 Å². The largest absolute Gasteiger partial charge is 0.355 e. The lowest BCUT2D eigenvalue weighted by atomic mass is 10.2. The van der Waals surface area contributed by atoms with Gasteiger partial charge in [-0.25, -0.2) is 0 Å². The Morgan fingerprint density at radius 3 is 1.33 bits per heavy atom. The minimum Gasteiger partial charge on any atom is -0.355 e. The lowest BCUT2D eigenvalue weighted by Crippen LogP contribution is -2.48. The van der Waals surface area contributed by atoms with Gasteiger partial charge in [0.2, 0.25) is 0 Å². The lowest BCUT2D eigenvalue weighted by molar-refractivity contribution is -0.166. The van der Waals surface area contributed by atoms with E-state index in [9.17, 15) is 0 Å². The lowest BCUT2D eigenvalue weighted by Gasteiger charge is -2.37. The molecule has 0 aromatic heterocycles. The Bertz CT molecular complexity index is 267. The van der Waals surface area contributed by atoms with Gasteiger partial charge in [-0.15, -0.1) is 0 Å². The van der Waals surface area contributed by atoms with Crippen molar-refractivity contribution in [3.05, 3.63) is 0 Å². The summed E-state index contributed by atoms with van der Waals surface area (Å²) in [5.74, 6) is 0. The van der Waals surface area contributed by atoms with E-state index in [2.05, 4.69) is 48.5 Å². The highest BCUT2D eigenvalue weighted by molar-refractivity contribution is 6.61. The van der Waals surface area contributed by atoms with Gasteiger partial charge in [-0.05, 0) is 41.5 Å². The zero-order valence-corrected chi connectivity index (χ0v) is 20.1. The highest BCUT2D eigenvalue weighted by atomic mass is 28.3. The molecule has 0 saturated carbocycles. The second-order valence-electron chi connectivity index (χ2n) is 6.77. The summed E-state index contributed by atoms with van der Waals surface area (Å²) in [6.07, 6.45) is 5.14. The van der Waals surface area contributed by atoms with Crippen molar-refractivity contribution in [2.75, 3.05) is 26.4 Å². The maximum atomic E-state index is 6.02. The zero-order chi connectivity index (χ0) is 18.5. The van der Waals surface area contributed by atoms with Crippen molar-refractivity contribution in [2.24, 2.45) is 0 Å². The van der Waals surface area contributed by atoms with Crippen molar-refractivity contribution >= 4 is 19.0 Å². The van der Waals surface area contributed by atoms with Crippen LogP contribution in [-0.2, 0) is 18.9 Å². The van der Waals surface area contributed by atoms with Crippen LogP contribution in [0.4, 0.5) is 0 Å². The van der Waals surface area contributed by atoms with Gasteiger partial charge < -0.3 is 18.9 Å². The summed E-state index contributed by atoms with van der Waals surface area (Å²) >= 11 is 0. The summed E-state index contributed by atoms with van der Waals surface area (Å²) in [6, 6.07) is 0. The van der Waals surface area contributed by atoms with Crippen molar-refractivity contribution < 1.29 is 18.9 Å². The molecule has 0 saturated heterocycles. The molecule has 0 spiro atoms. The minimum absolute atomic E-state index is 0.354. The summed E-state index contributed by atoms with van der Waals surface area (Å²) in [4.78, 5) is 0. The van der Waals surface area contributed by atoms with E-state index >= 15 is 0 Å². The summed E-state index contributed by atoms with van der Waals surface area (Å²) in [5.41, 5.74) is -0.709. The van der Waals surface area contributed by atoms with E-state index in [4.69, 9.17) is 18.9 Å². The van der Waals surface area contributed by atoms with Crippen molar-refractivity contribution in [2.45, 2.75) is 90.1 Å². The molecule has 146 valence electrons. The Balaban J connectivity index is 5.04. The van der Waals surface area contributed by atoms with E-state index in [1.165, 1.54) is 25.7 Å². The van der Waals surface area contributed by atoms with Gasteiger partial charge in [0.05, 0.1) is 19.0 Å². The first-order valence-corrected chi connectivity index (χ1v) is 13.0. The molecule has 0 atom stereocenters. The van der Waals surface area contributed by atoms with Crippen molar-refractivity contribution in [1.29, 1.82) is 0 Å². The Morgan fingerprint density at radius 1 is 0.667 bits per heavy atom. The zero-order valence-electron chi connectivity index (χ0n) is 17.3. The van der Waals surface area contributed by atoms with Gasteiger partial charge in [0.25, 0.3) is 0 Å². The van der Waals surface area contributed by atoms with Crippen molar-refractivity contribution in [3.8, 4) is 0 Å². The molecule has 0 rings (SSSR count). The minimum atomic E-state index is -0.564. The summed E-state index contributed by atoms with van der Waals surface area (Å²) < 4.78 is 24.1. The summed E-state index contributed by atoms with van der Waals surface area (Å²) in [7, 11) is -1.13. The van der Waals surface area contributed by atoms with Crippen LogP contribution in [0, 0.1) is 0 Å². The molecule has 0 aliphatic rings. The molecule has 0 heterocycles. The van der Waals surface area contributed by atoms with Crippen LogP contribution in [0.1, 0.15) is 74.1 Å². The molecular weight excluding hydrogens is 336 g/mol. The maximum Gasteiger partial charge on any atom is 0.142 e. The Kier molecular flexibility index (Phi) is 13.6. The first-order chi connectivity index (χ1) is 11.4. The van der Waals surface area contributed by atoms with Crippen molar-refractivity contribution in [3.63, 3.8) is 0 Å². The first kappa shape index (κ1) is 24.3. The van der Waals surface area contributed by atoms with Crippen LogP contribution in [0.3, 0.4) is 0 Å². The van der Waals surface area contributed by atoms with Gasteiger partial charge in [-0.1, -0.05) is 37.8 Å². The highest BCUT2D eigenvalue weighted by Gasteiger charge is 2.36. The van der Waals surface area contributed by atoms with E-state index in [1.54, 1.807) is 0 Å². The molecule has 0 bridgehead atoms. The second-order valence-corrected chi connectivity index (χ2v) is 13.6. The number of hydrogen-bond donors (Lipinski definition) is 0. The van der Waals surface area contributed by atoms with E-state index in [0.717, 1.165) is 5.16 Å². The van der Waals surface area contributed by atoms with Crippen molar-refractivity contribution in [1.82, 2.24) is 0 Å². The summed E-state index contributed by atoms with van der Waals surface area (Å²) in [6.45, 7) is 17.6. The van der Waals surface area contributed by atoms with Crippen LogP contribution in [0.2, 0.25) is 5.16 Å². The molecule has 0 unspecified atom stereocenters. The molecule has 0 aliphatic heterocycles. The second kappa shape index (κ2) is 13.5. The van der Waals surface area contributed by atoms with Gasteiger partial charge in [0, 0.05) is 26.4 Å². The molecule has 0 radical (unpaired) electrons. The van der Waals surface area contributed by atoms with Gasteiger partial charge in [-0.3, -0.25) is 0 Å². The predicted octanol–water partition coefficient (Wildman–Crippen LogP) is 3.14. The topological polar surface area (TPSA) is 36.9 Å². The average Bonchev–Trinajstić information content (AvgIpc) is 2.48. The van der Waals surface area contributed by atoms with Crippen LogP contribution in [0.15, 0.2) is 0 Å². The molecule has 24 heavy (non-hydrogen) atoms. The Morgan fingerprint density at radius 2 is 1.04 bits per heavy atom. The smallest absolute Gasteiger partial charge is 0.142 e. The molecule has 6 heteroatoms. The number of rotatable bonds is 16. The molecule has 0 aromatic rings. The maximum absolute atomic E-state index is 6.02. The van der Waals surface area contributed by atoms with Crippen LogP contribution in [-0.4, -0.2) is 56.3 Å². The van der Waals surface area contributed by atoms with Gasteiger partial charge in [-0.2, -0.15) is 0 Å². The van der Waals surface area contributed by atoms with E-state index in [0.29, 0.717) is 26.4 Å². The predicted molar refractivity (Wildman–Crippen MR) is 108 cm³/mol. The summed E-state index contributed by atoms with van der Waals surface area (Å²) in [5, 5.41) is 0.725. The van der Waals surface area contributed by atoms with Crippen LogP contribution >= 0.6 is 0 Å². The van der Waals surface area contributed by atoms with E-state index in [-0.39, 0.29) is 10.8 Å². The number of hydrogen-bond acceptors (Lipinski definition) is 4. The molecule has 4 nitrogen and oxygen atoms in total. The van der Waals surface area contributed by atoms with E-state index < -0.39 is 19.0 Å². The number of ether oxygens (including phenoxy) is 4. The third-order valence-corrected chi connectivity index (χ3v) is 10.3. The molecule has 0 aromatic carbocycles. The normalized spacial score (nSPS) is 15.1. The van der Waals surface area contributed by atoms with Gasteiger partial charge in [0.1, 0.15) is 10.8 Å². The SMILES string of the molecule is CCCCCC([SiH2]C(C)(OCC)OCC)[SiH2]C(C)(OCC)OCC. The fourth-order valence-corrected chi connectivity index (χ4v) is 11.6. The first-order valence-electron chi connectivity index (χ1n) is 9.94. The quantitative estimate of drug-likeness (QED) is 0.235. The number of unbranched alkanes of at least 4 members (excludes halogenated alkanes) is 2. The highest BCUT2D eigenvalue weighted by Crippen LogP contribution is 2.27. The fraction of sp³-hybridized carbons (Fsp3) is 1.00. The average molecular weight is 379 g/mol. The molecule has 0 aliphatic carbocycles. The monoisotopic (exact) mass is 378 g/mol. The fourth-order valence-electron chi connectivity index (χ4n) is 3.55. The van der Waals surface area contributed by atoms with Crippen LogP contribution in [0.5, 0.6) is 0 Å². The van der Waals surface area contributed by atoms with Gasteiger partial charge >= 0.3 is 0 Å². The molecule has 0 amide bonds. The third kappa shape index (κ3) is 10.3.